The molecule has 1 fully saturated rings. The van der Waals surface area contributed by atoms with Crippen molar-refractivity contribution in [1.82, 2.24) is 9.29 Å². The fourth-order valence-electron chi connectivity index (χ4n) is 1.88. The molecule has 17 heavy (non-hydrogen) atoms. The van der Waals surface area contributed by atoms with E-state index in [0.29, 0.717) is 11.5 Å². The van der Waals surface area contributed by atoms with Gasteiger partial charge in [0, 0.05) is 31.9 Å². The van der Waals surface area contributed by atoms with Crippen LogP contribution in [0.1, 0.15) is 6.92 Å². The molecule has 0 amide bonds. The fraction of sp³-hybridized carbons (Fsp3) is 0.545. The largest absolute Gasteiger partial charge is 0.396 e. The van der Waals surface area contributed by atoms with Crippen LogP contribution in [0.4, 0.5) is 17.3 Å². The van der Waals surface area contributed by atoms with Gasteiger partial charge in [-0.25, -0.2) is 9.29 Å². The van der Waals surface area contributed by atoms with Crippen molar-refractivity contribution in [2.75, 3.05) is 48.3 Å². The highest BCUT2D eigenvalue weighted by molar-refractivity contribution is 7.96. The molecule has 1 aliphatic heterocycles. The predicted octanol–water partition coefficient (Wildman–Crippen LogP) is 1.04. The Morgan fingerprint density at radius 1 is 1.24 bits per heavy atom. The highest BCUT2D eigenvalue weighted by atomic mass is 32.2. The van der Waals surface area contributed by atoms with Gasteiger partial charge in [0.1, 0.15) is 11.6 Å². The second-order valence-corrected chi connectivity index (χ2v) is 5.33. The van der Waals surface area contributed by atoms with Crippen LogP contribution in [-0.4, -0.2) is 41.2 Å². The molecule has 1 saturated heterocycles. The van der Waals surface area contributed by atoms with E-state index < -0.39 is 0 Å². The lowest BCUT2D eigenvalue weighted by Crippen LogP contribution is -2.43. The lowest BCUT2D eigenvalue weighted by atomic mass is 10.3. The van der Waals surface area contributed by atoms with E-state index in [-0.39, 0.29) is 0 Å². The molecule has 2 rings (SSSR count). The third kappa shape index (κ3) is 2.95. The highest BCUT2D eigenvalue weighted by Gasteiger charge is 2.18. The molecule has 0 radical (unpaired) electrons. The van der Waals surface area contributed by atoms with Crippen molar-refractivity contribution >= 4 is 29.3 Å². The van der Waals surface area contributed by atoms with Crippen LogP contribution in [0, 0.1) is 0 Å². The maximum absolute atomic E-state index is 5.72. The molecule has 0 unspecified atom stereocenters. The van der Waals surface area contributed by atoms with Gasteiger partial charge in [-0.2, -0.15) is 0 Å². The lowest BCUT2D eigenvalue weighted by Gasteiger charge is -2.34. The second-order valence-electron chi connectivity index (χ2n) is 3.98. The number of rotatable bonds is 3. The second kappa shape index (κ2) is 5.46. The number of nitrogen functional groups attached to an aromatic ring is 2. The summed E-state index contributed by atoms with van der Waals surface area (Å²) in [6.45, 7) is 6.28. The molecule has 1 aromatic rings. The topological polar surface area (TPSA) is 71.4 Å². The van der Waals surface area contributed by atoms with E-state index in [0.717, 1.165) is 37.7 Å². The quantitative estimate of drug-likeness (QED) is 0.784. The Kier molecular flexibility index (Phi) is 3.96. The van der Waals surface area contributed by atoms with Crippen molar-refractivity contribution in [3.8, 4) is 0 Å². The van der Waals surface area contributed by atoms with Crippen molar-refractivity contribution < 1.29 is 0 Å². The molecule has 0 spiro atoms. The van der Waals surface area contributed by atoms with Crippen LogP contribution in [0.5, 0.6) is 0 Å². The van der Waals surface area contributed by atoms with Crippen LogP contribution >= 0.6 is 11.9 Å². The molecule has 0 atom stereocenters. The predicted molar refractivity (Wildman–Crippen MR) is 75.0 cm³/mol. The first-order chi connectivity index (χ1) is 8.20. The number of nitrogens with zero attached hydrogens (tertiary/aromatic N) is 3. The number of anilines is 3. The molecule has 5 nitrogen and oxygen atoms in total. The van der Waals surface area contributed by atoms with Gasteiger partial charge in [0.05, 0.1) is 5.69 Å². The Hall–Kier alpha value is -1.14. The third-order valence-corrected chi connectivity index (χ3v) is 3.81. The minimum atomic E-state index is 0.424. The van der Waals surface area contributed by atoms with Gasteiger partial charge in [-0.3, -0.25) is 0 Å². The minimum Gasteiger partial charge on any atom is -0.396 e. The monoisotopic (exact) mass is 253 g/mol. The van der Waals surface area contributed by atoms with Gasteiger partial charge in [-0.15, -0.1) is 0 Å². The van der Waals surface area contributed by atoms with Crippen LogP contribution in [0.25, 0.3) is 0 Å². The lowest BCUT2D eigenvalue weighted by molar-refractivity contribution is 0.428. The molecule has 1 aliphatic rings. The first-order valence-corrected chi connectivity index (χ1v) is 6.79. The fourth-order valence-corrected chi connectivity index (χ4v) is 2.67. The van der Waals surface area contributed by atoms with E-state index in [2.05, 4.69) is 21.1 Å². The van der Waals surface area contributed by atoms with Crippen molar-refractivity contribution in [1.29, 1.82) is 0 Å². The molecule has 0 bridgehead atoms. The summed E-state index contributed by atoms with van der Waals surface area (Å²) >= 11 is 1.90. The summed E-state index contributed by atoms with van der Waals surface area (Å²) < 4.78 is 2.40. The Bertz CT molecular complexity index is 376. The van der Waals surface area contributed by atoms with E-state index in [1.165, 1.54) is 0 Å². The maximum Gasteiger partial charge on any atom is 0.149 e. The SMILES string of the molecule is CCSN1CCN(c2ccc(N)c(N)n2)CC1. The summed E-state index contributed by atoms with van der Waals surface area (Å²) in [5.41, 5.74) is 11.9. The van der Waals surface area contributed by atoms with E-state index >= 15 is 0 Å². The first kappa shape index (κ1) is 12.3. The van der Waals surface area contributed by atoms with Crippen molar-refractivity contribution in [3.63, 3.8) is 0 Å². The van der Waals surface area contributed by atoms with Crippen LogP contribution in [0.3, 0.4) is 0 Å². The standard InChI is InChI=1S/C11H19N5S/c1-2-17-16-7-5-15(6-8-16)10-4-3-9(12)11(13)14-10/h3-4H,2,5-8,12H2,1H3,(H2,13,14). The number of aromatic nitrogens is 1. The molecule has 0 aromatic carbocycles. The zero-order valence-corrected chi connectivity index (χ0v) is 10.9. The normalized spacial score (nSPS) is 17.4. The van der Waals surface area contributed by atoms with Crippen molar-refractivity contribution in [2.24, 2.45) is 0 Å². The number of hydrogen-bond acceptors (Lipinski definition) is 6. The van der Waals surface area contributed by atoms with Gasteiger partial charge in [-0.1, -0.05) is 18.9 Å². The molecule has 1 aromatic heterocycles. The van der Waals surface area contributed by atoms with Gasteiger partial charge >= 0.3 is 0 Å². The molecule has 94 valence electrons. The van der Waals surface area contributed by atoms with E-state index in [1.54, 1.807) is 0 Å². The third-order valence-electron chi connectivity index (χ3n) is 2.82. The Morgan fingerprint density at radius 3 is 2.53 bits per heavy atom. The van der Waals surface area contributed by atoms with Gasteiger partial charge in [0.25, 0.3) is 0 Å². The van der Waals surface area contributed by atoms with Crippen LogP contribution in [0.2, 0.25) is 0 Å². The van der Waals surface area contributed by atoms with Gasteiger partial charge in [0.2, 0.25) is 0 Å². The summed E-state index contributed by atoms with van der Waals surface area (Å²) in [4.78, 5) is 6.57. The van der Waals surface area contributed by atoms with Gasteiger partial charge < -0.3 is 16.4 Å². The number of piperazine rings is 1. The van der Waals surface area contributed by atoms with Crippen LogP contribution in [0.15, 0.2) is 12.1 Å². The number of pyridine rings is 1. The summed E-state index contributed by atoms with van der Waals surface area (Å²) in [7, 11) is 0. The average Bonchev–Trinajstić information content (AvgIpc) is 2.34. The molecule has 0 saturated carbocycles. The number of nitrogens with two attached hydrogens (primary N) is 2. The zero-order chi connectivity index (χ0) is 12.3. The molecular weight excluding hydrogens is 234 g/mol. The van der Waals surface area contributed by atoms with E-state index in [4.69, 9.17) is 11.5 Å². The average molecular weight is 253 g/mol. The van der Waals surface area contributed by atoms with Gasteiger partial charge in [0.15, 0.2) is 0 Å². The molecule has 6 heteroatoms. The summed E-state index contributed by atoms with van der Waals surface area (Å²) in [5.74, 6) is 2.48. The van der Waals surface area contributed by atoms with Gasteiger partial charge in [-0.05, 0) is 12.1 Å². The minimum absolute atomic E-state index is 0.424. The summed E-state index contributed by atoms with van der Waals surface area (Å²) in [6, 6.07) is 3.76. The molecule has 2 heterocycles. The molecule has 0 aliphatic carbocycles. The summed E-state index contributed by atoms with van der Waals surface area (Å²) in [6.07, 6.45) is 0. The molecule has 4 N–H and O–H groups in total. The Morgan fingerprint density at radius 2 is 1.94 bits per heavy atom. The molecular formula is C11H19N5S. The number of hydrogen-bond donors (Lipinski definition) is 2. The summed E-state index contributed by atoms with van der Waals surface area (Å²) in [5, 5.41) is 0. The van der Waals surface area contributed by atoms with Crippen LogP contribution < -0.4 is 16.4 Å². The van der Waals surface area contributed by atoms with E-state index in [9.17, 15) is 0 Å². The van der Waals surface area contributed by atoms with E-state index in [1.807, 2.05) is 24.1 Å². The smallest absolute Gasteiger partial charge is 0.149 e. The Balaban J connectivity index is 1.98. The maximum atomic E-state index is 5.72. The van der Waals surface area contributed by atoms with Crippen molar-refractivity contribution in [2.45, 2.75) is 6.92 Å². The zero-order valence-electron chi connectivity index (χ0n) is 10.1. The Labute approximate surface area is 106 Å². The highest BCUT2D eigenvalue weighted by Crippen LogP contribution is 2.21. The van der Waals surface area contributed by atoms with Crippen LogP contribution in [-0.2, 0) is 0 Å². The van der Waals surface area contributed by atoms with Crippen molar-refractivity contribution in [3.05, 3.63) is 12.1 Å². The first-order valence-electron chi connectivity index (χ1n) is 5.85.